The lowest BCUT2D eigenvalue weighted by Gasteiger charge is -2.46. The molecule has 6 heteroatoms. The van der Waals surface area contributed by atoms with Gasteiger partial charge in [0.2, 0.25) is 0 Å². The number of aromatic hydroxyl groups is 1. The van der Waals surface area contributed by atoms with Crippen molar-refractivity contribution in [3.8, 4) is 5.75 Å². The van der Waals surface area contributed by atoms with Crippen LogP contribution in [-0.4, -0.2) is 48.3 Å². The van der Waals surface area contributed by atoms with Crippen LogP contribution in [0.15, 0.2) is 30.0 Å². The minimum atomic E-state index is -0.309. The highest BCUT2D eigenvalue weighted by atomic mass is 16.5. The van der Waals surface area contributed by atoms with Crippen LogP contribution >= 0.6 is 0 Å². The van der Waals surface area contributed by atoms with Crippen molar-refractivity contribution >= 4 is 16.9 Å². The van der Waals surface area contributed by atoms with E-state index < -0.39 is 0 Å². The van der Waals surface area contributed by atoms with Crippen molar-refractivity contribution in [2.45, 2.75) is 32.2 Å². The Labute approximate surface area is 165 Å². The number of esters is 1. The van der Waals surface area contributed by atoms with Crippen LogP contribution in [0.25, 0.3) is 10.9 Å². The van der Waals surface area contributed by atoms with Crippen LogP contribution in [0, 0.1) is 11.8 Å². The van der Waals surface area contributed by atoms with E-state index in [0.29, 0.717) is 11.5 Å². The summed E-state index contributed by atoms with van der Waals surface area (Å²) >= 11 is 0. The standard InChI is InChI=1S/C22H28N2O4/c1-4-13-11-24-8-7-16-15-6-5-14(25)9-19(15)23-21(16)20(24)10-17(13)18(12-27-2)22(26)28-3/h5-6,9,12-13,17,20,23,25H,4,7-8,10-11H2,1-3H3/b18-12+/t13-,17-,20+/m0/s1. The molecule has 0 bridgehead atoms. The molecule has 0 spiro atoms. The zero-order chi connectivity index (χ0) is 19.8. The van der Waals surface area contributed by atoms with E-state index in [9.17, 15) is 9.90 Å². The number of nitrogens with zero attached hydrogens (tertiary/aromatic N) is 1. The summed E-state index contributed by atoms with van der Waals surface area (Å²) in [6.45, 7) is 4.14. The number of ether oxygens (including phenoxy) is 2. The number of aromatic nitrogens is 1. The first-order valence-corrected chi connectivity index (χ1v) is 9.96. The number of carbonyl (C=O) groups is 1. The average molecular weight is 384 g/mol. The van der Waals surface area contributed by atoms with Crippen molar-refractivity contribution in [1.29, 1.82) is 0 Å². The van der Waals surface area contributed by atoms with Gasteiger partial charge >= 0.3 is 5.97 Å². The molecule has 0 radical (unpaired) electrons. The summed E-state index contributed by atoms with van der Waals surface area (Å²) < 4.78 is 10.3. The summed E-state index contributed by atoms with van der Waals surface area (Å²) in [4.78, 5) is 18.5. The van der Waals surface area contributed by atoms with Gasteiger partial charge in [-0.1, -0.05) is 13.3 Å². The number of methoxy groups -OCH3 is 2. The molecule has 1 aromatic carbocycles. The van der Waals surface area contributed by atoms with Crippen LogP contribution in [0.2, 0.25) is 0 Å². The largest absolute Gasteiger partial charge is 0.508 e. The van der Waals surface area contributed by atoms with Crippen LogP contribution in [0.1, 0.15) is 37.1 Å². The van der Waals surface area contributed by atoms with E-state index in [0.717, 1.165) is 37.9 Å². The molecule has 2 N–H and O–H groups in total. The number of nitrogens with one attached hydrogen (secondary N) is 1. The number of H-pyrrole nitrogens is 1. The smallest absolute Gasteiger partial charge is 0.337 e. The molecular formula is C22H28N2O4. The second-order valence-corrected chi connectivity index (χ2v) is 7.82. The normalized spacial score (nSPS) is 25.2. The van der Waals surface area contributed by atoms with Gasteiger partial charge in [-0.3, -0.25) is 4.90 Å². The first-order valence-electron chi connectivity index (χ1n) is 9.96. The second-order valence-electron chi connectivity index (χ2n) is 7.82. The molecular weight excluding hydrogens is 356 g/mol. The van der Waals surface area contributed by atoms with Crippen molar-refractivity contribution in [3.63, 3.8) is 0 Å². The second kappa shape index (κ2) is 7.51. The number of rotatable bonds is 4. The Morgan fingerprint density at radius 1 is 1.39 bits per heavy atom. The zero-order valence-electron chi connectivity index (χ0n) is 16.7. The number of phenols is 1. The maximum absolute atomic E-state index is 12.4. The van der Waals surface area contributed by atoms with Crippen molar-refractivity contribution in [1.82, 2.24) is 9.88 Å². The van der Waals surface area contributed by atoms with E-state index in [1.807, 2.05) is 6.07 Å². The summed E-state index contributed by atoms with van der Waals surface area (Å²) in [6, 6.07) is 5.75. The molecule has 2 aliphatic rings. The van der Waals surface area contributed by atoms with Gasteiger partial charge in [-0.15, -0.1) is 0 Å². The molecule has 6 nitrogen and oxygen atoms in total. The Kier molecular flexibility index (Phi) is 5.06. The molecule has 1 saturated heterocycles. The molecule has 4 rings (SSSR count). The number of piperidine rings is 1. The Bertz CT molecular complexity index is 917. The van der Waals surface area contributed by atoms with Gasteiger partial charge in [0.1, 0.15) is 5.75 Å². The highest BCUT2D eigenvalue weighted by molar-refractivity contribution is 5.89. The highest BCUT2D eigenvalue weighted by Gasteiger charge is 2.42. The number of carbonyl (C=O) groups excluding carboxylic acids is 1. The first-order chi connectivity index (χ1) is 13.6. The number of benzene rings is 1. The maximum Gasteiger partial charge on any atom is 0.337 e. The molecule has 1 aromatic heterocycles. The Morgan fingerprint density at radius 3 is 2.93 bits per heavy atom. The zero-order valence-corrected chi connectivity index (χ0v) is 16.7. The summed E-state index contributed by atoms with van der Waals surface area (Å²) in [7, 11) is 2.99. The first kappa shape index (κ1) is 18.9. The molecule has 0 unspecified atom stereocenters. The van der Waals surface area contributed by atoms with Crippen LogP contribution in [-0.2, 0) is 20.7 Å². The third-order valence-electron chi connectivity index (χ3n) is 6.45. The monoisotopic (exact) mass is 384 g/mol. The lowest BCUT2D eigenvalue weighted by molar-refractivity contribution is -0.137. The fraction of sp³-hybridized carbons (Fsp3) is 0.500. The Hall–Kier alpha value is -2.47. The summed E-state index contributed by atoms with van der Waals surface area (Å²) in [5.74, 6) is 0.430. The third-order valence-corrected chi connectivity index (χ3v) is 6.45. The Morgan fingerprint density at radius 2 is 2.21 bits per heavy atom. The van der Waals surface area contributed by atoms with Crippen LogP contribution in [0.4, 0.5) is 0 Å². The Balaban J connectivity index is 1.74. The van der Waals surface area contributed by atoms with E-state index in [4.69, 9.17) is 9.47 Å². The van der Waals surface area contributed by atoms with Gasteiger partial charge in [-0.05, 0) is 42.4 Å². The molecule has 0 aliphatic carbocycles. The summed E-state index contributed by atoms with van der Waals surface area (Å²) in [5, 5.41) is 11.0. The molecule has 3 atom stereocenters. The van der Waals surface area contributed by atoms with Gasteiger partial charge in [-0.25, -0.2) is 4.79 Å². The van der Waals surface area contributed by atoms with Gasteiger partial charge in [0, 0.05) is 35.8 Å². The van der Waals surface area contributed by atoms with Crippen LogP contribution < -0.4 is 0 Å². The lowest BCUT2D eigenvalue weighted by Crippen LogP contribution is -2.47. The molecule has 28 heavy (non-hydrogen) atoms. The fourth-order valence-corrected chi connectivity index (χ4v) is 5.09. The molecule has 3 heterocycles. The minimum Gasteiger partial charge on any atom is -0.508 e. The van der Waals surface area contributed by atoms with Gasteiger partial charge in [0.25, 0.3) is 0 Å². The highest BCUT2D eigenvalue weighted by Crippen LogP contribution is 2.46. The quantitative estimate of drug-likeness (QED) is 0.479. The van der Waals surface area contributed by atoms with E-state index in [-0.39, 0.29) is 23.7 Å². The maximum atomic E-state index is 12.4. The van der Waals surface area contributed by atoms with Gasteiger partial charge in [0.05, 0.1) is 32.1 Å². The summed E-state index contributed by atoms with van der Waals surface area (Å²) in [5.41, 5.74) is 4.15. The molecule has 0 amide bonds. The van der Waals surface area contributed by atoms with Crippen molar-refractivity contribution in [3.05, 3.63) is 41.3 Å². The van der Waals surface area contributed by atoms with Crippen molar-refractivity contribution < 1.29 is 19.4 Å². The topological polar surface area (TPSA) is 74.8 Å². The number of hydrogen-bond acceptors (Lipinski definition) is 5. The van der Waals surface area contributed by atoms with Crippen molar-refractivity contribution in [2.24, 2.45) is 11.8 Å². The predicted octanol–water partition coefficient (Wildman–Crippen LogP) is 3.52. The average Bonchev–Trinajstić information content (AvgIpc) is 3.08. The minimum absolute atomic E-state index is 0.0874. The SMILES string of the molecule is CC[C@H]1CN2CCc3c([nH]c4cc(O)ccc34)[C@H]2C[C@@H]1/C(=C\OC)C(=O)OC. The molecule has 2 aromatic rings. The molecule has 1 fully saturated rings. The number of phenolic OH excluding ortho intramolecular Hbond substituents is 1. The van der Waals surface area contributed by atoms with E-state index >= 15 is 0 Å². The number of hydrogen-bond donors (Lipinski definition) is 2. The van der Waals surface area contributed by atoms with Crippen LogP contribution in [0.3, 0.4) is 0 Å². The van der Waals surface area contributed by atoms with E-state index in [2.05, 4.69) is 16.8 Å². The molecule has 0 saturated carbocycles. The number of aromatic amines is 1. The lowest BCUT2D eigenvalue weighted by atomic mass is 9.74. The van der Waals surface area contributed by atoms with Crippen LogP contribution in [0.5, 0.6) is 5.75 Å². The van der Waals surface area contributed by atoms with Gasteiger partial charge in [0.15, 0.2) is 0 Å². The van der Waals surface area contributed by atoms with E-state index in [1.54, 1.807) is 25.5 Å². The van der Waals surface area contributed by atoms with Gasteiger partial charge < -0.3 is 19.6 Å². The molecule has 150 valence electrons. The van der Waals surface area contributed by atoms with Crippen molar-refractivity contribution in [2.75, 3.05) is 27.3 Å². The number of fused-ring (bicyclic) bond motifs is 5. The third kappa shape index (κ3) is 3.05. The van der Waals surface area contributed by atoms with E-state index in [1.165, 1.54) is 23.8 Å². The fourth-order valence-electron chi connectivity index (χ4n) is 5.09. The van der Waals surface area contributed by atoms with Gasteiger partial charge in [-0.2, -0.15) is 0 Å². The predicted molar refractivity (Wildman–Crippen MR) is 107 cm³/mol. The summed E-state index contributed by atoms with van der Waals surface area (Å²) in [6.07, 6.45) is 4.39. The molecule has 2 aliphatic heterocycles.